The fourth-order valence-corrected chi connectivity index (χ4v) is 2.78. The van der Waals surface area contributed by atoms with Crippen molar-refractivity contribution in [1.82, 2.24) is 0 Å². The first-order valence-electron chi connectivity index (χ1n) is 10.4. The Balaban J connectivity index is 1.37. The van der Waals surface area contributed by atoms with Gasteiger partial charge >= 0.3 is 0 Å². The third kappa shape index (κ3) is 7.93. The second-order valence-electron chi connectivity index (χ2n) is 6.81. The maximum absolute atomic E-state index is 12.2. The Bertz CT molecular complexity index is 930. The first-order valence-corrected chi connectivity index (χ1v) is 10.4. The maximum atomic E-state index is 12.2. The molecule has 0 saturated carbocycles. The van der Waals surface area contributed by atoms with Gasteiger partial charge in [0.1, 0.15) is 30.5 Å². The zero-order chi connectivity index (χ0) is 21.7. The lowest BCUT2D eigenvalue weighted by Crippen LogP contribution is -2.21. The average Bonchev–Trinajstić information content (AvgIpc) is 2.81. The van der Waals surface area contributed by atoms with E-state index < -0.39 is 0 Å². The van der Waals surface area contributed by atoms with Crippen molar-refractivity contribution in [3.63, 3.8) is 0 Å². The van der Waals surface area contributed by atoms with Crippen LogP contribution in [0.3, 0.4) is 0 Å². The minimum atomic E-state index is -0.133. The van der Waals surface area contributed by atoms with E-state index in [9.17, 15) is 4.79 Å². The second kappa shape index (κ2) is 12.1. The van der Waals surface area contributed by atoms with E-state index in [0.717, 1.165) is 29.4 Å². The Morgan fingerprint density at radius 3 is 2.06 bits per heavy atom. The lowest BCUT2D eigenvalue weighted by Gasteiger charge is -2.11. The summed E-state index contributed by atoms with van der Waals surface area (Å²) in [4.78, 5) is 12.2. The SMILES string of the molecule is CCCOc1cccc(NC(=O)CNc2ccc(OCCOc3ccccc3)cc2)c1. The molecule has 0 atom stereocenters. The van der Waals surface area contributed by atoms with E-state index in [1.807, 2.05) is 78.9 Å². The zero-order valence-electron chi connectivity index (χ0n) is 17.7. The number of para-hydroxylation sites is 1. The molecule has 0 fully saturated rings. The van der Waals surface area contributed by atoms with Crippen LogP contribution in [-0.2, 0) is 4.79 Å². The van der Waals surface area contributed by atoms with E-state index in [1.54, 1.807) is 0 Å². The van der Waals surface area contributed by atoms with Gasteiger partial charge in [-0.3, -0.25) is 4.79 Å². The van der Waals surface area contributed by atoms with Crippen LogP contribution < -0.4 is 24.8 Å². The number of ether oxygens (including phenoxy) is 3. The summed E-state index contributed by atoms with van der Waals surface area (Å²) in [6.07, 6.45) is 0.936. The van der Waals surface area contributed by atoms with Crippen LogP contribution in [0.5, 0.6) is 17.2 Å². The summed E-state index contributed by atoms with van der Waals surface area (Å²) in [5.74, 6) is 2.18. The third-order valence-electron chi connectivity index (χ3n) is 4.26. The molecule has 0 heterocycles. The normalized spacial score (nSPS) is 10.2. The Kier molecular flexibility index (Phi) is 8.61. The predicted molar refractivity (Wildman–Crippen MR) is 123 cm³/mol. The van der Waals surface area contributed by atoms with E-state index in [1.165, 1.54) is 0 Å². The summed E-state index contributed by atoms with van der Waals surface area (Å²) in [6, 6.07) is 24.5. The Hall–Kier alpha value is -3.67. The number of carbonyl (C=O) groups is 1. The largest absolute Gasteiger partial charge is 0.494 e. The van der Waals surface area contributed by atoms with E-state index in [0.29, 0.717) is 25.5 Å². The summed E-state index contributed by atoms with van der Waals surface area (Å²) in [5.41, 5.74) is 1.55. The van der Waals surface area contributed by atoms with Gasteiger partial charge in [0, 0.05) is 17.4 Å². The van der Waals surface area contributed by atoms with Gasteiger partial charge in [0.05, 0.1) is 13.2 Å². The van der Waals surface area contributed by atoms with E-state index in [2.05, 4.69) is 17.6 Å². The quantitative estimate of drug-likeness (QED) is 0.404. The minimum Gasteiger partial charge on any atom is -0.494 e. The average molecular weight is 421 g/mol. The van der Waals surface area contributed by atoms with E-state index >= 15 is 0 Å². The van der Waals surface area contributed by atoms with Crippen LogP contribution in [0.25, 0.3) is 0 Å². The van der Waals surface area contributed by atoms with Crippen LogP contribution in [0.2, 0.25) is 0 Å². The molecule has 6 nitrogen and oxygen atoms in total. The lowest BCUT2D eigenvalue weighted by atomic mass is 10.3. The van der Waals surface area contributed by atoms with Gasteiger partial charge in [0.15, 0.2) is 0 Å². The highest BCUT2D eigenvalue weighted by Gasteiger charge is 2.04. The molecule has 0 aliphatic heterocycles. The van der Waals surface area contributed by atoms with Gasteiger partial charge in [0.25, 0.3) is 0 Å². The summed E-state index contributed by atoms with van der Waals surface area (Å²) in [5, 5.41) is 5.97. The van der Waals surface area contributed by atoms with Crippen molar-refractivity contribution in [2.45, 2.75) is 13.3 Å². The van der Waals surface area contributed by atoms with Crippen LogP contribution in [-0.4, -0.2) is 32.3 Å². The first-order chi connectivity index (χ1) is 15.2. The molecule has 6 heteroatoms. The highest BCUT2D eigenvalue weighted by atomic mass is 16.5. The molecule has 0 radical (unpaired) electrons. The zero-order valence-corrected chi connectivity index (χ0v) is 17.7. The number of anilines is 2. The predicted octanol–water partition coefficient (Wildman–Crippen LogP) is 4.98. The van der Waals surface area contributed by atoms with Crippen molar-refractivity contribution in [1.29, 1.82) is 0 Å². The fourth-order valence-electron chi connectivity index (χ4n) is 2.78. The Labute approximate surface area is 183 Å². The number of carbonyl (C=O) groups excluding carboxylic acids is 1. The van der Waals surface area contributed by atoms with Gasteiger partial charge in [-0.05, 0) is 55.0 Å². The summed E-state index contributed by atoms with van der Waals surface area (Å²) in [6.45, 7) is 3.78. The Morgan fingerprint density at radius 2 is 1.35 bits per heavy atom. The van der Waals surface area contributed by atoms with Crippen molar-refractivity contribution in [3.8, 4) is 17.2 Å². The smallest absolute Gasteiger partial charge is 0.243 e. The molecular formula is C25H28N2O4. The molecule has 0 saturated heterocycles. The molecule has 2 N–H and O–H groups in total. The molecule has 0 aliphatic rings. The fraction of sp³-hybridized carbons (Fsp3) is 0.240. The monoisotopic (exact) mass is 420 g/mol. The Morgan fingerprint density at radius 1 is 0.710 bits per heavy atom. The molecule has 0 aromatic heterocycles. The summed E-state index contributed by atoms with van der Waals surface area (Å²) < 4.78 is 16.9. The molecule has 3 aromatic rings. The highest BCUT2D eigenvalue weighted by Crippen LogP contribution is 2.18. The number of nitrogens with one attached hydrogen (secondary N) is 2. The molecule has 162 valence electrons. The third-order valence-corrected chi connectivity index (χ3v) is 4.26. The van der Waals surface area contributed by atoms with Gasteiger partial charge in [-0.1, -0.05) is 31.2 Å². The lowest BCUT2D eigenvalue weighted by molar-refractivity contribution is -0.114. The van der Waals surface area contributed by atoms with Gasteiger partial charge < -0.3 is 24.8 Å². The highest BCUT2D eigenvalue weighted by molar-refractivity contribution is 5.93. The molecule has 0 spiro atoms. The molecule has 3 rings (SSSR count). The molecule has 3 aromatic carbocycles. The second-order valence-corrected chi connectivity index (χ2v) is 6.81. The van der Waals surface area contributed by atoms with Crippen LogP contribution in [0.4, 0.5) is 11.4 Å². The van der Waals surface area contributed by atoms with Crippen LogP contribution in [0.15, 0.2) is 78.9 Å². The van der Waals surface area contributed by atoms with E-state index in [-0.39, 0.29) is 12.5 Å². The molecule has 0 aliphatic carbocycles. The van der Waals surface area contributed by atoms with Gasteiger partial charge in [-0.2, -0.15) is 0 Å². The number of benzene rings is 3. The minimum absolute atomic E-state index is 0.133. The van der Waals surface area contributed by atoms with Crippen LogP contribution >= 0.6 is 0 Å². The molecule has 1 amide bonds. The maximum Gasteiger partial charge on any atom is 0.243 e. The van der Waals surface area contributed by atoms with E-state index in [4.69, 9.17) is 14.2 Å². The van der Waals surface area contributed by atoms with Gasteiger partial charge in [-0.25, -0.2) is 0 Å². The van der Waals surface area contributed by atoms with Crippen LogP contribution in [0, 0.1) is 0 Å². The molecule has 31 heavy (non-hydrogen) atoms. The number of rotatable bonds is 12. The van der Waals surface area contributed by atoms with Crippen molar-refractivity contribution in [2.24, 2.45) is 0 Å². The van der Waals surface area contributed by atoms with Crippen molar-refractivity contribution in [2.75, 3.05) is 37.0 Å². The van der Waals surface area contributed by atoms with Crippen molar-refractivity contribution < 1.29 is 19.0 Å². The van der Waals surface area contributed by atoms with Crippen molar-refractivity contribution >= 4 is 17.3 Å². The van der Waals surface area contributed by atoms with Gasteiger partial charge in [0.2, 0.25) is 5.91 Å². The topological polar surface area (TPSA) is 68.8 Å². The number of hydrogen-bond donors (Lipinski definition) is 2. The first kappa shape index (κ1) is 22.0. The van der Waals surface area contributed by atoms with Gasteiger partial charge in [-0.15, -0.1) is 0 Å². The molecular weight excluding hydrogens is 392 g/mol. The summed E-state index contributed by atoms with van der Waals surface area (Å²) >= 11 is 0. The molecule has 0 bridgehead atoms. The number of amides is 1. The standard InChI is InChI=1S/C25H28N2O4/c1-2-15-29-24-10-6-7-21(18-24)27-25(28)19-26-20-11-13-23(14-12-20)31-17-16-30-22-8-4-3-5-9-22/h3-14,18,26H,2,15-17,19H2,1H3,(H,27,28). The summed E-state index contributed by atoms with van der Waals surface area (Å²) in [7, 11) is 0. The molecule has 0 unspecified atom stereocenters. The van der Waals surface area contributed by atoms with Crippen molar-refractivity contribution in [3.05, 3.63) is 78.9 Å². The van der Waals surface area contributed by atoms with Crippen LogP contribution in [0.1, 0.15) is 13.3 Å². The number of hydrogen-bond acceptors (Lipinski definition) is 5.